The number of carbonyl (C=O) groups excluding carboxylic acids is 1. The summed E-state index contributed by atoms with van der Waals surface area (Å²) in [7, 11) is 0. The third-order valence-corrected chi connectivity index (χ3v) is 7.20. The number of urea groups is 1. The molecule has 1 aliphatic rings. The number of carbonyl (C=O) groups is 1. The second-order valence-electron chi connectivity index (χ2n) is 8.82. The van der Waals surface area contributed by atoms with Crippen molar-refractivity contribution < 1.29 is 9.18 Å². The third-order valence-electron chi connectivity index (χ3n) is 6.39. The summed E-state index contributed by atoms with van der Waals surface area (Å²) in [6, 6.07) is 19.9. The number of anilines is 3. The first kappa shape index (κ1) is 23.3. The zero-order valence-corrected chi connectivity index (χ0v) is 20.4. The summed E-state index contributed by atoms with van der Waals surface area (Å²) in [4.78, 5) is 17.2. The first-order valence-corrected chi connectivity index (χ1v) is 12.6. The Morgan fingerprint density at radius 3 is 2.54 bits per heavy atom. The van der Waals surface area contributed by atoms with E-state index in [2.05, 4.69) is 56.8 Å². The van der Waals surface area contributed by atoms with Gasteiger partial charge in [0.25, 0.3) is 0 Å². The Labute approximate surface area is 208 Å². The van der Waals surface area contributed by atoms with Gasteiger partial charge in [-0.1, -0.05) is 24.3 Å². The standard InChI is InChI=1S/C27H28FN5OS/c1-19-18-20(6-11-24(19)30-27(34)29-22-9-7-21(28)8-10-22)12-13-32-14-16-33(17-15-32)26-23-4-2-3-5-25(23)35-31-26/h2-11,18H,12-17H2,1H3,(H2,29,30,34). The van der Waals surface area contributed by atoms with E-state index in [0.29, 0.717) is 5.69 Å². The van der Waals surface area contributed by atoms with Crippen LogP contribution >= 0.6 is 11.5 Å². The van der Waals surface area contributed by atoms with Gasteiger partial charge in [0.1, 0.15) is 11.6 Å². The minimum absolute atomic E-state index is 0.336. The highest BCUT2D eigenvalue weighted by Crippen LogP contribution is 2.29. The van der Waals surface area contributed by atoms with Crippen LogP contribution in [0.25, 0.3) is 10.1 Å². The van der Waals surface area contributed by atoms with Gasteiger partial charge in [-0.25, -0.2) is 9.18 Å². The molecule has 6 nitrogen and oxygen atoms in total. The lowest BCUT2D eigenvalue weighted by atomic mass is 10.1. The summed E-state index contributed by atoms with van der Waals surface area (Å²) >= 11 is 1.57. The van der Waals surface area contributed by atoms with Crippen molar-refractivity contribution in [1.82, 2.24) is 9.27 Å². The maximum absolute atomic E-state index is 13.0. The number of fused-ring (bicyclic) bond motifs is 1. The molecule has 0 atom stereocenters. The molecule has 3 aromatic carbocycles. The lowest BCUT2D eigenvalue weighted by Gasteiger charge is -2.35. The number of hydrogen-bond donors (Lipinski definition) is 2. The zero-order valence-electron chi connectivity index (χ0n) is 19.6. The molecule has 0 spiro atoms. The van der Waals surface area contributed by atoms with E-state index in [1.165, 1.54) is 39.9 Å². The number of aryl methyl sites for hydroxylation is 1. The molecular formula is C27H28FN5OS. The number of nitrogens with zero attached hydrogens (tertiary/aromatic N) is 3. The van der Waals surface area contributed by atoms with Gasteiger partial charge in [-0.15, -0.1) is 0 Å². The van der Waals surface area contributed by atoms with Crippen molar-refractivity contribution in [2.45, 2.75) is 13.3 Å². The molecule has 35 heavy (non-hydrogen) atoms. The SMILES string of the molecule is Cc1cc(CCN2CCN(c3nsc4ccccc34)CC2)ccc1NC(=O)Nc1ccc(F)cc1. The Bertz CT molecular complexity index is 1310. The second-order valence-corrected chi connectivity index (χ2v) is 9.62. The van der Waals surface area contributed by atoms with Crippen molar-refractivity contribution in [3.8, 4) is 0 Å². The van der Waals surface area contributed by atoms with Crippen LogP contribution in [0.5, 0.6) is 0 Å². The minimum Gasteiger partial charge on any atom is -0.353 e. The van der Waals surface area contributed by atoms with Crippen molar-refractivity contribution in [3.63, 3.8) is 0 Å². The van der Waals surface area contributed by atoms with Crippen LogP contribution in [-0.2, 0) is 6.42 Å². The number of halogens is 1. The topological polar surface area (TPSA) is 60.5 Å². The molecule has 8 heteroatoms. The Hall–Kier alpha value is -3.49. The van der Waals surface area contributed by atoms with Gasteiger partial charge in [-0.05, 0) is 78.5 Å². The predicted molar refractivity (Wildman–Crippen MR) is 142 cm³/mol. The van der Waals surface area contributed by atoms with Gasteiger partial charge in [-0.2, -0.15) is 4.37 Å². The van der Waals surface area contributed by atoms with Crippen LogP contribution in [0, 0.1) is 12.7 Å². The summed E-state index contributed by atoms with van der Waals surface area (Å²) in [6.07, 6.45) is 0.961. The highest BCUT2D eigenvalue weighted by molar-refractivity contribution is 7.13. The van der Waals surface area contributed by atoms with Crippen LogP contribution in [0.3, 0.4) is 0 Å². The van der Waals surface area contributed by atoms with E-state index in [0.717, 1.165) is 56.2 Å². The molecule has 0 unspecified atom stereocenters. The van der Waals surface area contributed by atoms with E-state index in [1.54, 1.807) is 11.5 Å². The maximum atomic E-state index is 13.0. The molecule has 0 bridgehead atoms. The fraction of sp³-hybridized carbons (Fsp3) is 0.259. The first-order chi connectivity index (χ1) is 17.0. The monoisotopic (exact) mass is 489 g/mol. The molecule has 0 radical (unpaired) electrons. The van der Waals surface area contributed by atoms with E-state index in [4.69, 9.17) is 4.37 Å². The first-order valence-electron chi connectivity index (χ1n) is 11.8. The number of piperazine rings is 1. The van der Waals surface area contributed by atoms with Crippen LogP contribution in [0.1, 0.15) is 11.1 Å². The molecule has 1 aromatic heterocycles. The van der Waals surface area contributed by atoms with Crippen LogP contribution in [0.2, 0.25) is 0 Å². The average molecular weight is 490 g/mol. The lowest BCUT2D eigenvalue weighted by Crippen LogP contribution is -2.47. The fourth-order valence-electron chi connectivity index (χ4n) is 4.41. The molecule has 5 rings (SSSR count). The normalized spacial score (nSPS) is 14.3. The minimum atomic E-state index is -0.349. The van der Waals surface area contributed by atoms with Crippen LogP contribution in [0.15, 0.2) is 66.7 Å². The Kier molecular flexibility index (Phi) is 6.92. The van der Waals surface area contributed by atoms with E-state index in [1.807, 2.05) is 13.0 Å². The molecule has 2 N–H and O–H groups in total. The van der Waals surface area contributed by atoms with Crippen LogP contribution in [-0.4, -0.2) is 48.0 Å². The molecule has 180 valence electrons. The molecule has 1 saturated heterocycles. The van der Waals surface area contributed by atoms with E-state index in [-0.39, 0.29) is 11.8 Å². The third kappa shape index (κ3) is 5.61. The molecule has 1 aliphatic heterocycles. The predicted octanol–water partition coefficient (Wildman–Crippen LogP) is 5.75. The van der Waals surface area contributed by atoms with Gasteiger partial charge in [0.15, 0.2) is 0 Å². The zero-order chi connectivity index (χ0) is 24.2. The molecule has 2 heterocycles. The number of amides is 2. The smallest absolute Gasteiger partial charge is 0.323 e. The summed E-state index contributed by atoms with van der Waals surface area (Å²) in [6.45, 7) is 7.01. The molecule has 2 amide bonds. The van der Waals surface area contributed by atoms with E-state index < -0.39 is 0 Å². The highest BCUT2D eigenvalue weighted by atomic mass is 32.1. The maximum Gasteiger partial charge on any atom is 0.323 e. The van der Waals surface area contributed by atoms with Gasteiger partial charge in [-0.3, -0.25) is 4.90 Å². The van der Waals surface area contributed by atoms with Gasteiger partial charge in [0.05, 0.1) is 4.70 Å². The van der Waals surface area contributed by atoms with Gasteiger partial charge in [0.2, 0.25) is 0 Å². The number of hydrogen-bond acceptors (Lipinski definition) is 5. The Balaban J connectivity index is 1.11. The van der Waals surface area contributed by atoms with Crippen LogP contribution in [0.4, 0.5) is 26.4 Å². The molecular weight excluding hydrogens is 461 g/mol. The fourth-order valence-corrected chi connectivity index (χ4v) is 5.21. The molecule has 0 aliphatic carbocycles. The number of aromatic nitrogens is 1. The van der Waals surface area contributed by atoms with E-state index in [9.17, 15) is 9.18 Å². The largest absolute Gasteiger partial charge is 0.353 e. The summed E-state index contributed by atoms with van der Waals surface area (Å²) in [5.41, 5.74) is 3.57. The summed E-state index contributed by atoms with van der Waals surface area (Å²) < 4.78 is 19.0. The van der Waals surface area contributed by atoms with Gasteiger partial charge in [0, 0.05) is 49.5 Å². The Morgan fingerprint density at radius 1 is 1.00 bits per heavy atom. The summed E-state index contributed by atoms with van der Waals surface area (Å²) in [5, 5.41) is 6.84. The van der Waals surface area contributed by atoms with E-state index >= 15 is 0 Å². The molecule has 4 aromatic rings. The van der Waals surface area contributed by atoms with Gasteiger partial charge < -0.3 is 15.5 Å². The van der Waals surface area contributed by atoms with Crippen molar-refractivity contribution in [1.29, 1.82) is 0 Å². The number of nitrogens with one attached hydrogen (secondary N) is 2. The highest BCUT2D eigenvalue weighted by Gasteiger charge is 2.20. The average Bonchev–Trinajstić information content (AvgIpc) is 3.30. The van der Waals surface area contributed by atoms with Crippen molar-refractivity contribution in [2.24, 2.45) is 0 Å². The Morgan fingerprint density at radius 2 is 1.77 bits per heavy atom. The van der Waals surface area contributed by atoms with Crippen LogP contribution < -0.4 is 15.5 Å². The molecule has 0 saturated carbocycles. The van der Waals surface area contributed by atoms with Crippen molar-refractivity contribution in [3.05, 3.63) is 83.7 Å². The lowest BCUT2D eigenvalue weighted by molar-refractivity contribution is 0.260. The number of rotatable bonds is 6. The van der Waals surface area contributed by atoms with Gasteiger partial charge >= 0.3 is 6.03 Å². The molecule has 1 fully saturated rings. The second kappa shape index (κ2) is 10.4. The number of benzene rings is 3. The quantitative estimate of drug-likeness (QED) is 0.362. The van der Waals surface area contributed by atoms with Crippen molar-refractivity contribution >= 4 is 44.8 Å². The van der Waals surface area contributed by atoms with Crippen molar-refractivity contribution in [2.75, 3.05) is 48.3 Å². The summed E-state index contributed by atoms with van der Waals surface area (Å²) in [5.74, 6) is 0.782.